The molecule has 2 aromatic rings. The molecule has 0 bridgehead atoms. The minimum Gasteiger partial charge on any atom is -0.380 e. The van der Waals surface area contributed by atoms with Crippen LogP contribution in [0, 0.1) is 0 Å². The fraction of sp³-hybridized carbons (Fsp3) is 0.273. The van der Waals surface area contributed by atoms with E-state index in [-0.39, 0.29) is 0 Å². The molecule has 0 saturated carbocycles. The van der Waals surface area contributed by atoms with Gasteiger partial charge in [0.25, 0.3) is 0 Å². The average Bonchev–Trinajstić information content (AvgIpc) is 2.63. The minimum absolute atomic E-state index is 0.672. The van der Waals surface area contributed by atoms with Gasteiger partial charge in [-0.05, 0) is 30.5 Å². The summed E-state index contributed by atoms with van der Waals surface area (Å²) in [6, 6.07) is 19.9. The van der Waals surface area contributed by atoms with Crippen LogP contribution in [0.5, 0.6) is 0 Å². The first kappa shape index (κ1) is 18.2. The Labute approximate surface area is 145 Å². The van der Waals surface area contributed by atoms with Crippen molar-refractivity contribution in [2.24, 2.45) is 0 Å². The molecule has 0 aliphatic heterocycles. The van der Waals surface area contributed by atoms with E-state index in [1.807, 2.05) is 72.8 Å². The number of nitrogens with zero attached hydrogens (tertiary/aromatic N) is 1. The Morgan fingerprint density at radius 3 is 1.71 bits per heavy atom. The highest BCUT2D eigenvalue weighted by molar-refractivity contribution is 5.35. The Balaban J connectivity index is 2.16. The van der Waals surface area contributed by atoms with Crippen LogP contribution in [0.4, 0.5) is 0 Å². The van der Waals surface area contributed by atoms with Gasteiger partial charge in [0, 0.05) is 13.1 Å². The normalized spacial score (nSPS) is 11.4. The van der Waals surface area contributed by atoms with E-state index in [4.69, 9.17) is 0 Å². The van der Waals surface area contributed by atoms with Crippen molar-refractivity contribution in [2.45, 2.75) is 18.4 Å². The van der Waals surface area contributed by atoms with Gasteiger partial charge in [-0.15, -0.1) is 13.2 Å². The Morgan fingerprint density at radius 2 is 1.29 bits per heavy atom. The van der Waals surface area contributed by atoms with Gasteiger partial charge in [-0.3, -0.25) is 4.90 Å². The second-order valence-corrected chi connectivity index (χ2v) is 6.03. The van der Waals surface area contributed by atoms with Crippen LogP contribution in [0.15, 0.2) is 86.0 Å². The fourth-order valence-corrected chi connectivity index (χ4v) is 3.06. The lowest BCUT2D eigenvalue weighted by Gasteiger charge is -2.30. The number of rotatable bonds is 10. The van der Waals surface area contributed by atoms with Crippen LogP contribution >= 0.6 is 0 Å². The SMILES string of the molecule is C=CCN(CC=C)CCCC(O)(c1ccccc1)c1ccccc1. The van der Waals surface area contributed by atoms with Crippen molar-refractivity contribution < 1.29 is 5.11 Å². The number of benzene rings is 2. The monoisotopic (exact) mass is 321 g/mol. The maximum absolute atomic E-state index is 11.5. The van der Waals surface area contributed by atoms with Crippen molar-refractivity contribution in [1.82, 2.24) is 4.90 Å². The molecule has 0 aliphatic rings. The Morgan fingerprint density at radius 1 is 0.833 bits per heavy atom. The summed E-state index contributed by atoms with van der Waals surface area (Å²) in [7, 11) is 0. The zero-order valence-corrected chi connectivity index (χ0v) is 14.3. The highest BCUT2D eigenvalue weighted by Crippen LogP contribution is 2.34. The molecule has 2 rings (SSSR count). The number of hydrogen-bond acceptors (Lipinski definition) is 2. The highest BCUT2D eigenvalue weighted by atomic mass is 16.3. The molecule has 1 N–H and O–H groups in total. The summed E-state index contributed by atoms with van der Waals surface area (Å²) in [4.78, 5) is 2.27. The Bertz CT molecular complexity index is 571. The fourth-order valence-electron chi connectivity index (χ4n) is 3.06. The molecule has 0 heterocycles. The molecule has 0 unspecified atom stereocenters. The smallest absolute Gasteiger partial charge is 0.115 e. The standard InChI is InChI=1S/C22H27NO/c1-3-17-23(18-4-2)19-11-16-22(24,20-12-7-5-8-13-20)21-14-9-6-10-15-21/h3-10,12-15,24H,1-2,11,16-19H2. The summed E-state index contributed by atoms with van der Waals surface area (Å²) in [6.45, 7) is 10.2. The van der Waals surface area contributed by atoms with E-state index in [0.29, 0.717) is 6.42 Å². The van der Waals surface area contributed by atoms with Gasteiger partial charge in [0.2, 0.25) is 0 Å². The Kier molecular flexibility index (Phi) is 6.98. The van der Waals surface area contributed by atoms with E-state index in [1.54, 1.807) is 0 Å². The van der Waals surface area contributed by atoms with E-state index >= 15 is 0 Å². The van der Waals surface area contributed by atoms with Gasteiger partial charge in [-0.1, -0.05) is 72.8 Å². The number of hydrogen-bond donors (Lipinski definition) is 1. The van der Waals surface area contributed by atoms with Crippen LogP contribution in [0.1, 0.15) is 24.0 Å². The molecule has 0 fully saturated rings. The second kappa shape index (κ2) is 9.21. The van der Waals surface area contributed by atoms with E-state index in [0.717, 1.165) is 37.2 Å². The van der Waals surface area contributed by atoms with Crippen LogP contribution in [0.2, 0.25) is 0 Å². The lowest BCUT2D eigenvalue weighted by atomic mass is 9.82. The van der Waals surface area contributed by atoms with Crippen molar-refractivity contribution in [1.29, 1.82) is 0 Å². The highest BCUT2D eigenvalue weighted by Gasteiger charge is 2.30. The summed E-state index contributed by atoms with van der Waals surface area (Å²) in [5.41, 5.74) is 0.918. The quantitative estimate of drug-likeness (QED) is 0.657. The molecular formula is C22H27NO. The second-order valence-electron chi connectivity index (χ2n) is 6.03. The van der Waals surface area contributed by atoms with Gasteiger partial charge in [0.15, 0.2) is 0 Å². The minimum atomic E-state index is -0.962. The van der Waals surface area contributed by atoms with Crippen molar-refractivity contribution in [2.75, 3.05) is 19.6 Å². The van der Waals surface area contributed by atoms with Crippen molar-refractivity contribution in [3.8, 4) is 0 Å². The zero-order chi connectivity index (χ0) is 17.3. The summed E-state index contributed by atoms with van der Waals surface area (Å²) in [5.74, 6) is 0. The van der Waals surface area contributed by atoms with E-state index in [1.165, 1.54) is 0 Å². The molecular weight excluding hydrogens is 294 g/mol. The average molecular weight is 321 g/mol. The van der Waals surface area contributed by atoms with Crippen molar-refractivity contribution in [3.05, 3.63) is 97.1 Å². The van der Waals surface area contributed by atoms with Crippen molar-refractivity contribution in [3.63, 3.8) is 0 Å². The summed E-state index contributed by atoms with van der Waals surface area (Å²) < 4.78 is 0. The molecule has 0 aliphatic carbocycles. The van der Waals surface area contributed by atoms with Crippen molar-refractivity contribution >= 4 is 0 Å². The van der Waals surface area contributed by atoms with Crippen LogP contribution < -0.4 is 0 Å². The molecule has 0 saturated heterocycles. The third kappa shape index (κ3) is 4.67. The Hall–Kier alpha value is -2.16. The zero-order valence-electron chi connectivity index (χ0n) is 14.3. The third-order valence-electron chi connectivity index (χ3n) is 4.29. The van der Waals surface area contributed by atoms with E-state index in [2.05, 4.69) is 18.1 Å². The number of aliphatic hydroxyl groups is 1. The van der Waals surface area contributed by atoms with Crippen LogP contribution in [0.25, 0.3) is 0 Å². The van der Waals surface area contributed by atoms with Gasteiger partial charge in [0.1, 0.15) is 5.60 Å². The molecule has 0 atom stereocenters. The summed E-state index contributed by atoms with van der Waals surface area (Å²) in [6.07, 6.45) is 5.38. The van der Waals surface area contributed by atoms with Gasteiger partial charge >= 0.3 is 0 Å². The molecule has 0 radical (unpaired) electrons. The molecule has 2 aromatic carbocycles. The largest absolute Gasteiger partial charge is 0.380 e. The van der Waals surface area contributed by atoms with Gasteiger partial charge in [0.05, 0.1) is 0 Å². The van der Waals surface area contributed by atoms with Gasteiger partial charge in [-0.25, -0.2) is 0 Å². The summed E-state index contributed by atoms with van der Waals surface area (Å²) in [5, 5.41) is 11.5. The molecule has 24 heavy (non-hydrogen) atoms. The molecule has 126 valence electrons. The predicted octanol–water partition coefficient (Wildman–Crippen LogP) is 4.38. The molecule has 2 heteroatoms. The molecule has 0 amide bonds. The topological polar surface area (TPSA) is 23.5 Å². The first-order chi connectivity index (χ1) is 11.7. The maximum Gasteiger partial charge on any atom is 0.115 e. The van der Waals surface area contributed by atoms with Crippen LogP contribution in [-0.2, 0) is 5.60 Å². The maximum atomic E-state index is 11.5. The molecule has 0 aromatic heterocycles. The van der Waals surface area contributed by atoms with Crippen LogP contribution in [0.3, 0.4) is 0 Å². The van der Waals surface area contributed by atoms with Gasteiger partial charge < -0.3 is 5.11 Å². The molecule has 2 nitrogen and oxygen atoms in total. The third-order valence-corrected chi connectivity index (χ3v) is 4.29. The first-order valence-corrected chi connectivity index (χ1v) is 8.48. The van der Waals surface area contributed by atoms with E-state index < -0.39 is 5.60 Å². The lowest BCUT2D eigenvalue weighted by Crippen LogP contribution is -2.30. The summed E-state index contributed by atoms with van der Waals surface area (Å²) >= 11 is 0. The van der Waals surface area contributed by atoms with E-state index in [9.17, 15) is 5.11 Å². The lowest BCUT2D eigenvalue weighted by molar-refractivity contribution is 0.0656. The van der Waals surface area contributed by atoms with Crippen LogP contribution in [-0.4, -0.2) is 29.6 Å². The predicted molar refractivity (Wildman–Crippen MR) is 102 cm³/mol. The first-order valence-electron chi connectivity index (χ1n) is 8.48. The molecule has 0 spiro atoms. The van der Waals surface area contributed by atoms with Gasteiger partial charge in [-0.2, -0.15) is 0 Å².